The minimum absolute atomic E-state index is 0.0210. The second-order valence-corrected chi connectivity index (χ2v) is 33.3. The van der Waals surface area contributed by atoms with Crippen LogP contribution in [0.25, 0.3) is 10.9 Å². The highest BCUT2D eigenvalue weighted by Crippen LogP contribution is 2.24. The minimum atomic E-state index is -2.13. The minimum Gasteiger partial charge on any atom is -0.481 e. The van der Waals surface area contributed by atoms with Gasteiger partial charge in [0.15, 0.2) is 0 Å². The second-order valence-electron chi connectivity index (χ2n) is 33.3. The Bertz CT molecular complexity index is 4490. The number of carbonyl (C=O) groups excluding carboxylic acids is 19. The van der Waals surface area contributed by atoms with Crippen LogP contribution >= 0.6 is 0 Å². The van der Waals surface area contributed by atoms with E-state index in [0.717, 1.165) is 18.7 Å². The summed E-state index contributed by atoms with van der Waals surface area (Å²) in [7, 11) is 0. The first-order chi connectivity index (χ1) is 61.7. The third kappa shape index (κ3) is 38.1. The number of fused-ring (bicyclic) bond motifs is 1. The fraction of sp³-hybridized carbons (Fsp3) is 0.583. The molecule has 131 heavy (non-hydrogen) atoms. The molecule has 47 nitrogen and oxygen atoms in total. The number of carboxylic acid groups (broad SMARTS) is 2. The number of amides is 19. The first-order valence-electron chi connectivity index (χ1n) is 43.0. The molecule has 1 fully saturated rings. The van der Waals surface area contributed by atoms with Crippen molar-refractivity contribution in [1.29, 1.82) is 0 Å². The van der Waals surface area contributed by atoms with Crippen LogP contribution in [0.15, 0.2) is 60.8 Å². The Morgan fingerprint density at radius 2 is 0.824 bits per heavy atom. The van der Waals surface area contributed by atoms with Gasteiger partial charge < -0.3 is 139 Å². The van der Waals surface area contributed by atoms with Crippen molar-refractivity contribution in [1.82, 2.24) is 84.3 Å². The Morgan fingerprint density at radius 3 is 1.31 bits per heavy atom. The predicted octanol–water partition coefficient (Wildman–Crippen LogP) is -7.38. The number of aliphatic hydroxyl groups excluding tert-OH is 3. The van der Waals surface area contributed by atoms with Gasteiger partial charge in [-0.25, -0.2) is 0 Å². The van der Waals surface area contributed by atoms with Crippen LogP contribution < -0.4 is 103 Å². The van der Waals surface area contributed by atoms with E-state index in [1.54, 1.807) is 78.1 Å². The van der Waals surface area contributed by atoms with Gasteiger partial charge in [0, 0.05) is 62.7 Å². The maximum atomic E-state index is 15.2. The zero-order chi connectivity index (χ0) is 98.2. The van der Waals surface area contributed by atoms with Gasteiger partial charge in [-0.05, 0) is 119 Å². The van der Waals surface area contributed by atoms with Gasteiger partial charge in [0.2, 0.25) is 112 Å². The smallest absolute Gasteiger partial charge is 0.305 e. The summed E-state index contributed by atoms with van der Waals surface area (Å²) in [5.41, 5.74) is 28.5. The van der Waals surface area contributed by atoms with Gasteiger partial charge in [-0.2, -0.15) is 0 Å². The number of carboxylic acids is 2. The lowest BCUT2D eigenvalue weighted by Crippen LogP contribution is -2.62. The van der Waals surface area contributed by atoms with Gasteiger partial charge in [0.1, 0.15) is 90.6 Å². The number of nitrogens with two attached hydrogens (primary N) is 5. The lowest BCUT2D eigenvalue weighted by atomic mass is 9.98. The number of nitrogens with zero attached hydrogens (tertiary/aromatic N) is 1. The number of aliphatic carboxylic acids is 2. The quantitative estimate of drug-likeness (QED) is 0.0234. The van der Waals surface area contributed by atoms with Crippen LogP contribution in [0.3, 0.4) is 0 Å². The summed E-state index contributed by atoms with van der Waals surface area (Å²) in [5.74, 6) is -24.4. The number of hydrogen-bond acceptors (Lipinski definition) is 25. The monoisotopic (exact) mass is 1850 g/mol. The van der Waals surface area contributed by atoms with Gasteiger partial charge in [0.05, 0.1) is 32.2 Å². The largest absolute Gasteiger partial charge is 0.481 e. The van der Waals surface area contributed by atoms with Crippen molar-refractivity contribution in [3.63, 3.8) is 0 Å². The molecule has 47 heteroatoms. The Balaban J connectivity index is 1.65. The van der Waals surface area contributed by atoms with E-state index in [-0.39, 0.29) is 82.7 Å². The number of carbonyl (C=O) groups is 21. The van der Waals surface area contributed by atoms with Crippen molar-refractivity contribution >= 4 is 135 Å². The molecule has 30 N–H and O–H groups in total. The molecule has 19 amide bonds. The Labute approximate surface area is 754 Å². The third-order valence-corrected chi connectivity index (χ3v) is 20.8. The van der Waals surface area contributed by atoms with Crippen LogP contribution in [0.4, 0.5) is 0 Å². The molecule has 1 aliphatic heterocycles. The number of H-pyrrole nitrogens is 1. The van der Waals surface area contributed by atoms with Crippen LogP contribution in [0.1, 0.15) is 169 Å². The molecular formula is C84H127N21O26. The number of benzene rings is 2. The van der Waals surface area contributed by atoms with E-state index in [9.17, 15) is 117 Å². The third-order valence-electron chi connectivity index (χ3n) is 20.8. The van der Waals surface area contributed by atoms with E-state index in [4.69, 9.17) is 28.7 Å². The van der Waals surface area contributed by atoms with E-state index < -0.39 is 291 Å². The number of aromatic amines is 1. The molecule has 0 bridgehead atoms. The molecule has 0 aliphatic carbocycles. The predicted molar refractivity (Wildman–Crippen MR) is 466 cm³/mol. The summed E-state index contributed by atoms with van der Waals surface area (Å²) < 4.78 is 0. The summed E-state index contributed by atoms with van der Waals surface area (Å²) in [6.07, 6.45) is -5.94. The van der Waals surface area contributed by atoms with Crippen LogP contribution in [0.5, 0.6) is 0 Å². The van der Waals surface area contributed by atoms with Crippen molar-refractivity contribution in [2.24, 2.45) is 46.4 Å². The number of likely N-dealkylation sites (tertiary alicyclic amines) is 1. The number of hydrogen-bond donors (Lipinski definition) is 25. The first-order valence-corrected chi connectivity index (χ1v) is 43.0. The topological polar surface area (TPSA) is 777 Å². The van der Waals surface area contributed by atoms with Crippen LogP contribution in [-0.2, 0) is 114 Å². The van der Waals surface area contributed by atoms with Gasteiger partial charge in [-0.15, -0.1) is 0 Å². The molecule has 1 aliphatic rings. The summed E-state index contributed by atoms with van der Waals surface area (Å²) in [6.45, 7) is 10.2. The van der Waals surface area contributed by atoms with Crippen molar-refractivity contribution in [3.8, 4) is 0 Å². The maximum Gasteiger partial charge on any atom is 0.305 e. The van der Waals surface area contributed by atoms with Crippen molar-refractivity contribution in [3.05, 3.63) is 71.9 Å². The molecule has 0 saturated carbocycles. The number of primary amides is 4. The standard InChI is InChI=1S/C84H127N21O26/c1-41(2)31-54(96-76(123)56(33-43(5)6)101-82(129)63-22-16-30-105(63)84(131)53(24-27-65(87)111)95-78(125)59(36-66(88)112)91-45(8)109)74(121)92-50(21-14-15-29-85)71(118)99-58(35-47-38-90-49-20-13-12-19-48(47)49)77(124)97-55(32-42(3)4)75(122)100-60(37-68(115)116)79(126)103-62(40-107)81(128)98-57(34-46-17-10-9-11-18-46)80(127)104-69(44(7)108)83(130)94-52(25-28-67(113)114)72(119)93-51(23-26-64(86)110)73(120)102-61(39-106)70(89)117/h9-13,17-20,38,41-44,50-63,69,90,106-108H,14-16,21-37,39-40,85H2,1-8H3,(H2,86,110)(H2,87,111)(H2,88,112)(H2,89,117)(H,91,109)(H,92,121)(H,93,119)(H,94,130)(H,95,125)(H,96,123)(H,97,124)(H,98,128)(H,99,118)(H,100,122)(H,101,129)(H,102,120)(H,103,126)(H,104,127)(H,113,114)(H,115,116)/t44-,50+,51+,52+,53+,54+,55+,56+,57+,58+,59+,60+,61+,62+,63+,69+/m0/s1. The highest BCUT2D eigenvalue weighted by Gasteiger charge is 2.43. The normalized spacial score (nSPS) is 15.8. The number of nitrogens with one attached hydrogen (secondary N) is 15. The average molecular weight is 1850 g/mol. The molecular weight excluding hydrogens is 1720 g/mol. The van der Waals surface area contributed by atoms with Crippen LogP contribution in [0.2, 0.25) is 0 Å². The van der Waals surface area contributed by atoms with Gasteiger partial charge in [0.25, 0.3) is 0 Å². The fourth-order valence-corrected chi connectivity index (χ4v) is 14.2. The van der Waals surface area contributed by atoms with E-state index in [0.29, 0.717) is 28.5 Å². The number of para-hydroxylation sites is 1. The van der Waals surface area contributed by atoms with Crippen LogP contribution in [-0.4, -0.2) is 283 Å². The molecule has 0 radical (unpaired) electrons. The van der Waals surface area contributed by atoms with Crippen molar-refractivity contribution < 1.29 is 126 Å². The molecule has 16 atom stereocenters. The highest BCUT2D eigenvalue weighted by molar-refractivity contribution is 6.02. The summed E-state index contributed by atoms with van der Waals surface area (Å²) in [5, 5.41) is 85.5. The summed E-state index contributed by atoms with van der Waals surface area (Å²) in [6, 6.07) is -10.8. The number of aliphatic hydroxyl groups is 3. The van der Waals surface area contributed by atoms with Gasteiger partial charge >= 0.3 is 11.9 Å². The van der Waals surface area contributed by atoms with Gasteiger partial charge in [-0.3, -0.25) is 101 Å². The van der Waals surface area contributed by atoms with Gasteiger partial charge in [-0.1, -0.05) is 90.1 Å². The SMILES string of the molecule is CC(=O)N[C@H](CC(N)=O)C(=O)N[C@H](CCC(N)=O)C(=O)N1CCC[C@@H]1C(=O)N[C@H](CC(C)C)C(=O)N[C@H](CC(C)C)C(=O)N[C@H](CCCCN)C(=O)N[C@H](Cc1c[nH]c2ccccc12)C(=O)N[C@H](CC(C)C)C(=O)N[C@H](CC(=O)O)C(=O)N[C@H](CO)C(=O)N[C@H](Cc1ccccc1)C(=O)N[C@@H](C(=O)N[C@H](CCC(=O)O)C(=O)N[C@H](CCC(N)=O)C(=O)N[C@H](CO)C(N)=O)[C@H](C)O. The molecule has 724 valence electrons. The molecule has 0 unspecified atom stereocenters. The summed E-state index contributed by atoms with van der Waals surface area (Å²) in [4.78, 5) is 289. The Kier molecular flexibility index (Phi) is 46.1. The number of aromatic nitrogens is 1. The highest BCUT2D eigenvalue weighted by atomic mass is 16.4. The van der Waals surface area contributed by atoms with E-state index in [2.05, 4.69) is 79.4 Å². The molecule has 3 aromatic rings. The van der Waals surface area contributed by atoms with E-state index >= 15 is 9.59 Å². The second kappa shape index (κ2) is 54.9. The Hall–Kier alpha value is -13.3. The number of rotatable bonds is 59. The molecule has 2 aromatic carbocycles. The first kappa shape index (κ1) is 110. The van der Waals surface area contributed by atoms with E-state index in [1.807, 2.05) is 0 Å². The van der Waals surface area contributed by atoms with Crippen molar-refractivity contribution in [2.75, 3.05) is 26.3 Å². The molecule has 4 rings (SSSR count). The molecule has 0 spiro atoms. The lowest BCUT2D eigenvalue weighted by Gasteiger charge is -2.31. The van der Waals surface area contributed by atoms with Crippen LogP contribution in [0, 0.1) is 17.8 Å². The zero-order valence-electron chi connectivity index (χ0n) is 74.4. The molecule has 1 aromatic heterocycles. The molecule has 2 heterocycles. The average Bonchev–Trinajstić information content (AvgIpc) is 1.19. The fourth-order valence-electron chi connectivity index (χ4n) is 14.2. The molecule has 1 saturated heterocycles. The summed E-state index contributed by atoms with van der Waals surface area (Å²) >= 11 is 0. The zero-order valence-corrected chi connectivity index (χ0v) is 74.4. The van der Waals surface area contributed by atoms with Crippen molar-refractivity contribution in [2.45, 2.75) is 268 Å². The lowest BCUT2D eigenvalue weighted by molar-refractivity contribution is -0.143. The van der Waals surface area contributed by atoms with E-state index in [1.165, 1.54) is 24.3 Å². The maximum absolute atomic E-state index is 15.2. The number of unbranched alkanes of at least 4 members (excludes halogenated alkanes) is 1. The Morgan fingerprint density at radius 1 is 0.420 bits per heavy atom.